The second kappa shape index (κ2) is 2.67. The van der Waals surface area contributed by atoms with Crippen LogP contribution in [0.25, 0.3) is 0 Å². The molecule has 0 spiro atoms. The maximum Gasteiger partial charge on any atom is 0.0854 e. The zero-order chi connectivity index (χ0) is 5.86. The fraction of sp³-hybridized carbons (Fsp3) is 0.667. The highest BCUT2D eigenvalue weighted by molar-refractivity contribution is 4.87. The topological polar surface area (TPSA) is 20.2 Å². The van der Waals surface area contributed by atoms with Crippen LogP contribution in [0.4, 0.5) is 0 Å². The lowest BCUT2D eigenvalue weighted by Gasteiger charge is -1.92. The van der Waals surface area contributed by atoms with Gasteiger partial charge in [0.2, 0.25) is 0 Å². The van der Waals surface area contributed by atoms with Crippen LogP contribution in [0.1, 0.15) is 20.8 Å². The summed E-state index contributed by atoms with van der Waals surface area (Å²) in [5, 5.41) is 8.58. The van der Waals surface area contributed by atoms with E-state index in [0.29, 0.717) is 11.7 Å². The van der Waals surface area contributed by atoms with Crippen LogP contribution in [-0.2, 0) is 0 Å². The second-order valence-corrected chi connectivity index (χ2v) is 2.05. The van der Waals surface area contributed by atoms with Gasteiger partial charge in [-0.3, -0.25) is 0 Å². The van der Waals surface area contributed by atoms with Crippen LogP contribution in [-0.4, -0.2) is 5.11 Å². The first-order valence-corrected chi connectivity index (χ1v) is 2.50. The zero-order valence-electron chi connectivity index (χ0n) is 5.10. The summed E-state index contributed by atoms with van der Waals surface area (Å²) in [6.07, 6.45) is 1.81. The van der Waals surface area contributed by atoms with Crippen LogP contribution < -0.4 is 0 Å². The minimum Gasteiger partial charge on any atom is -0.513 e. The smallest absolute Gasteiger partial charge is 0.0854 e. The molecule has 0 aromatic rings. The SMILES string of the molecule is C/C(O)=C/C(C)C. The van der Waals surface area contributed by atoms with E-state index in [1.807, 2.05) is 13.8 Å². The van der Waals surface area contributed by atoms with Crippen molar-refractivity contribution in [1.29, 1.82) is 0 Å². The Hall–Kier alpha value is -0.460. The van der Waals surface area contributed by atoms with Crippen LogP contribution in [0.3, 0.4) is 0 Å². The molecule has 0 radical (unpaired) electrons. The first kappa shape index (κ1) is 6.54. The fourth-order valence-corrected chi connectivity index (χ4v) is 0.482. The Morgan fingerprint density at radius 1 is 1.57 bits per heavy atom. The van der Waals surface area contributed by atoms with E-state index in [9.17, 15) is 0 Å². The molecule has 1 N–H and O–H groups in total. The predicted octanol–water partition coefficient (Wildman–Crippen LogP) is 2.10. The van der Waals surface area contributed by atoms with Gasteiger partial charge in [-0.25, -0.2) is 0 Å². The largest absolute Gasteiger partial charge is 0.513 e. The Morgan fingerprint density at radius 2 is 2.00 bits per heavy atom. The molecule has 0 aliphatic carbocycles. The normalized spacial score (nSPS) is 12.9. The van der Waals surface area contributed by atoms with Crippen LogP contribution in [0.15, 0.2) is 11.8 Å². The number of rotatable bonds is 1. The number of aliphatic hydroxyl groups is 1. The molecule has 0 saturated heterocycles. The molecular formula is C6H12O. The summed E-state index contributed by atoms with van der Waals surface area (Å²) in [5.41, 5.74) is 0. The molecule has 0 aliphatic rings. The van der Waals surface area contributed by atoms with Gasteiger partial charge in [-0.2, -0.15) is 0 Å². The molecule has 0 aromatic carbocycles. The van der Waals surface area contributed by atoms with Gasteiger partial charge in [-0.15, -0.1) is 0 Å². The summed E-state index contributed by atoms with van der Waals surface area (Å²) >= 11 is 0. The number of hydrogen-bond donors (Lipinski definition) is 1. The van der Waals surface area contributed by atoms with Gasteiger partial charge in [0, 0.05) is 0 Å². The number of allylic oxidation sites excluding steroid dienone is 2. The summed E-state index contributed by atoms with van der Waals surface area (Å²) in [6.45, 7) is 5.74. The quantitative estimate of drug-likeness (QED) is 0.500. The molecule has 0 rings (SSSR count). The molecule has 7 heavy (non-hydrogen) atoms. The Morgan fingerprint density at radius 3 is 2.00 bits per heavy atom. The van der Waals surface area contributed by atoms with Gasteiger partial charge in [0.05, 0.1) is 5.76 Å². The molecule has 0 amide bonds. The molecule has 0 bridgehead atoms. The summed E-state index contributed by atoms with van der Waals surface area (Å²) in [5.74, 6) is 0.875. The van der Waals surface area contributed by atoms with Crippen LogP contribution in [0.2, 0.25) is 0 Å². The molecule has 0 heterocycles. The number of hydrogen-bond acceptors (Lipinski definition) is 1. The van der Waals surface area contributed by atoms with Crippen molar-refractivity contribution in [3.63, 3.8) is 0 Å². The standard InChI is InChI=1S/C6H12O/c1-5(2)4-6(3)7/h4-5,7H,1-3H3/b6-4-. The zero-order valence-corrected chi connectivity index (χ0v) is 5.10. The summed E-state index contributed by atoms with van der Waals surface area (Å²) in [7, 11) is 0. The third kappa shape index (κ3) is 5.54. The van der Waals surface area contributed by atoms with Crippen molar-refractivity contribution in [3.8, 4) is 0 Å². The summed E-state index contributed by atoms with van der Waals surface area (Å²) in [4.78, 5) is 0. The predicted molar refractivity (Wildman–Crippen MR) is 31.2 cm³/mol. The van der Waals surface area contributed by atoms with E-state index in [4.69, 9.17) is 5.11 Å². The molecule has 0 aliphatic heterocycles. The van der Waals surface area contributed by atoms with Crippen molar-refractivity contribution in [3.05, 3.63) is 11.8 Å². The Bertz CT molecular complexity index is 68.2. The molecule has 0 aromatic heterocycles. The van der Waals surface area contributed by atoms with E-state index in [-0.39, 0.29) is 0 Å². The third-order valence-corrected chi connectivity index (χ3v) is 0.575. The van der Waals surface area contributed by atoms with E-state index in [2.05, 4.69) is 0 Å². The molecular weight excluding hydrogens is 88.1 g/mol. The molecule has 0 unspecified atom stereocenters. The van der Waals surface area contributed by atoms with Crippen molar-refractivity contribution in [2.75, 3.05) is 0 Å². The summed E-state index contributed by atoms with van der Waals surface area (Å²) < 4.78 is 0. The van der Waals surface area contributed by atoms with Crippen molar-refractivity contribution in [2.24, 2.45) is 5.92 Å². The first-order valence-electron chi connectivity index (χ1n) is 2.50. The molecule has 1 heteroatoms. The lowest BCUT2D eigenvalue weighted by atomic mass is 10.2. The fourth-order valence-electron chi connectivity index (χ4n) is 0.482. The number of aliphatic hydroxyl groups excluding tert-OH is 1. The van der Waals surface area contributed by atoms with Crippen molar-refractivity contribution in [1.82, 2.24) is 0 Å². The monoisotopic (exact) mass is 100 g/mol. The van der Waals surface area contributed by atoms with E-state index in [1.54, 1.807) is 13.0 Å². The van der Waals surface area contributed by atoms with Gasteiger partial charge in [-0.1, -0.05) is 13.8 Å². The molecule has 0 saturated carbocycles. The van der Waals surface area contributed by atoms with Crippen molar-refractivity contribution < 1.29 is 5.11 Å². The minimum atomic E-state index is 0.412. The van der Waals surface area contributed by atoms with Crippen LogP contribution >= 0.6 is 0 Å². The van der Waals surface area contributed by atoms with Gasteiger partial charge in [0.1, 0.15) is 0 Å². The lowest BCUT2D eigenvalue weighted by molar-refractivity contribution is 0.408. The molecule has 0 atom stereocenters. The average Bonchev–Trinajstić information content (AvgIpc) is 1.27. The van der Waals surface area contributed by atoms with Gasteiger partial charge in [-0.05, 0) is 18.9 Å². The Kier molecular flexibility index (Phi) is 2.49. The summed E-state index contributed by atoms with van der Waals surface area (Å²) in [6, 6.07) is 0. The highest BCUT2D eigenvalue weighted by Gasteiger charge is 1.84. The van der Waals surface area contributed by atoms with Crippen molar-refractivity contribution in [2.45, 2.75) is 20.8 Å². The minimum absolute atomic E-state index is 0.412. The molecule has 0 fully saturated rings. The van der Waals surface area contributed by atoms with Gasteiger partial charge >= 0.3 is 0 Å². The van der Waals surface area contributed by atoms with Gasteiger partial charge in [0.25, 0.3) is 0 Å². The third-order valence-electron chi connectivity index (χ3n) is 0.575. The first-order chi connectivity index (χ1) is 3.13. The maximum absolute atomic E-state index is 8.58. The van der Waals surface area contributed by atoms with Gasteiger partial charge < -0.3 is 5.11 Å². The van der Waals surface area contributed by atoms with E-state index < -0.39 is 0 Å². The lowest BCUT2D eigenvalue weighted by Crippen LogP contribution is -1.80. The maximum atomic E-state index is 8.58. The van der Waals surface area contributed by atoms with E-state index >= 15 is 0 Å². The average molecular weight is 100 g/mol. The molecule has 1 nitrogen and oxygen atoms in total. The van der Waals surface area contributed by atoms with E-state index in [0.717, 1.165) is 0 Å². The van der Waals surface area contributed by atoms with Crippen LogP contribution in [0.5, 0.6) is 0 Å². The van der Waals surface area contributed by atoms with E-state index in [1.165, 1.54) is 0 Å². The highest BCUT2D eigenvalue weighted by atomic mass is 16.3. The Labute approximate surface area is 44.7 Å². The van der Waals surface area contributed by atoms with Crippen molar-refractivity contribution >= 4 is 0 Å². The second-order valence-electron chi connectivity index (χ2n) is 2.05. The Balaban J connectivity index is 3.45. The van der Waals surface area contributed by atoms with Crippen LogP contribution in [0, 0.1) is 5.92 Å². The molecule has 42 valence electrons. The highest BCUT2D eigenvalue weighted by Crippen LogP contribution is 1.96. The van der Waals surface area contributed by atoms with Gasteiger partial charge in [0.15, 0.2) is 0 Å².